The second-order valence-corrected chi connectivity index (χ2v) is 4.61. The van der Waals surface area contributed by atoms with Crippen molar-refractivity contribution >= 4 is 17.7 Å². The Morgan fingerprint density at radius 1 is 1.62 bits per heavy atom. The second kappa shape index (κ2) is 5.50. The first kappa shape index (κ1) is 10.9. The second-order valence-electron chi connectivity index (χ2n) is 3.47. The van der Waals surface area contributed by atoms with Gasteiger partial charge in [0, 0.05) is 24.3 Å². The third-order valence-electron chi connectivity index (χ3n) is 2.45. The summed E-state index contributed by atoms with van der Waals surface area (Å²) in [4.78, 5) is 11.2. The summed E-state index contributed by atoms with van der Waals surface area (Å²) in [5.74, 6) is 0.106. The first-order valence-electron chi connectivity index (χ1n) is 4.78. The Morgan fingerprint density at radius 2 is 2.38 bits per heavy atom. The fraction of sp³-hybridized carbons (Fsp3) is 0.889. The van der Waals surface area contributed by atoms with Crippen LogP contribution in [0.3, 0.4) is 0 Å². The number of hydrogen-bond donors (Lipinski definition) is 2. The van der Waals surface area contributed by atoms with Crippen LogP contribution >= 0.6 is 11.8 Å². The minimum absolute atomic E-state index is 0.106. The van der Waals surface area contributed by atoms with Crippen molar-refractivity contribution in [2.24, 2.45) is 5.73 Å². The lowest BCUT2D eigenvalue weighted by Gasteiger charge is -2.11. The Morgan fingerprint density at radius 3 is 2.92 bits per heavy atom. The highest BCUT2D eigenvalue weighted by Gasteiger charge is 2.24. The van der Waals surface area contributed by atoms with E-state index in [0.29, 0.717) is 19.0 Å². The average Bonchev–Trinajstić information content (AvgIpc) is 2.52. The summed E-state index contributed by atoms with van der Waals surface area (Å²) in [6.45, 7) is 0.449. The lowest BCUT2D eigenvalue weighted by molar-refractivity contribution is -0.121. The SMILES string of the molecule is CSC1CCC(NC(=O)CCN)C1. The molecule has 1 amide bonds. The smallest absolute Gasteiger partial charge is 0.221 e. The molecule has 0 aliphatic heterocycles. The molecule has 1 aliphatic rings. The van der Waals surface area contributed by atoms with E-state index < -0.39 is 0 Å². The molecular weight excluding hydrogens is 184 g/mol. The Balaban J connectivity index is 2.19. The molecular formula is C9H18N2OS. The first-order valence-corrected chi connectivity index (χ1v) is 6.07. The van der Waals surface area contributed by atoms with Gasteiger partial charge in [-0.25, -0.2) is 0 Å². The molecule has 1 rings (SSSR count). The summed E-state index contributed by atoms with van der Waals surface area (Å²) in [6, 6.07) is 0.400. The average molecular weight is 202 g/mol. The number of hydrogen-bond acceptors (Lipinski definition) is 3. The van der Waals surface area contributed by atoms with Crippen LogP contribution in [0, 0.1) is 0 Å². The third-order valence-corrected chi connectivity index (χ3v) is 3.55. The minimum Gasteiger partial charge on any atom is -0.353 e. The molecule has 3 nitrogen and oxygen atoms in total. The van der Waals surface area contributed by atoms with Gasteiger partial charge in [-0.1, -0.05) is 0 Å². The quantitative estimate of drug-likeness (QED) is 0.707. The highest BCUT2D eigenvalue weighted by atomic mass is 32.2. The minimum atomic E-state index is 0.106. The van der Waals surface area contributed by atoms with Crippen molar-refractivity contribution < 1.29 is 4.79 Å². The number of carbonyl (C=O) groups excluding carboxylic acids is 1. The van der Waals surface area contributed by atoms with Gasteiger partial charge in [-0.3, -0.25) is 4.79 Å². The highest BCUT2D eigenvalue weighted by molar-refractivity contribution is 7.99. The van der Waals surface area contributed by atoms with Gasteiger partial charge in [0.05, 0.1) is 0 Å². The number of nitrogens with two attached hydrogens (primary N) is 1. The molecule has 0 radical (unpaired) electrons. The maximum Gasteiger partial charge on any atom is 0.221 e. The zero-order chi connectivity index (χ0) is 9.68. The summed E-state index contributed by atoms with van der Waals surface area (Å²) in [5.41, 5.74) is 5.29. The van der Waals surface area contributed by atoms with Gasteiger partial charge in [-0.2, -0.15) is 11.8 Å². The Hall–Kier alpha value is -0.220. The molecule has 1 fully saturated rings. The van der Waals surface area contributed by atoms with Crippen LogP contribution in [0.2, 0.25) is 0 Å². The van der Waals surface area contributed by atoms with Crippen LogP contribution in [0.1, 0.15) is 25.7 Å². The van der Waals surface area contributed by atoms with Gasteiger partial charge < -0.3 is 11.1 Å². The van der Waals surface area contributed by atoms with Gasteiger partial charge in [0.2, 0.25) is 5.91 Å². The van der Waals surface area contributed by atoms with Gasteiger partial charge in [0.25, 0.3) is 0 Å². The van der Waals surface area contributed by atoms with Crippen LogP contribution in [0.4, 0.5) is 0 Å². The van der Waals surface area contributed by atoms with Crippen LogP contribution in [-0.2, 0) is 4.79 Å². The molecule has 3 N–H and O–H groups in total. The molecule has 2 atom stereocenters. The Labute approximate surface area is 83.8 Å². The normalized spacial score (nSPS) is 27.5. The number of carbonyl (C=O) groups is 1. The van der Waals surface area contributed by atoms with Crippen LogP contribution in [0.25, 0.3) is 0 Å². The molecule has 0 aromatic rings. The van der Waals surface area contributed by atoms with E-state index in [1.165, 1.54) is 6.42 Å². The molecule has 1 saturated carbocycles. The molecule has 1 aliphatic carbocycles. The van der Waals surface area contributed by atoms with Crippen molar-refractivity contribution in [2.45, 2.75) is 37.0 Å². The van der Waals surface area contributed by atoms with E-state index in [2.05, 4.69) is 11.6 Å². The van der Waals surface area contributed by atoms with E-state index in [1.807, 2.05) is 11.8 Å². The third kappa shape index (κ3) is 3.56. The summed E-state index contributed by atoms with van der Waals surface area (Å²) >= 11 is 1.90. The number of amides is 1. The molecule has 0 heterocycles. The van der Waals surface area contributed by atoms with Crippen LogP contribution in [-0.4, -0.2) is 30.0 Å². The van der Waals surface area contributed by atoms with E-state index in [0.717, 1.165) is 18.1 Å². The predicted octanol–water partition coefficient (Wildman–Crippen LogP) is 0.736. The zero-order valence-electron chi connectivity index (χ0n) is 8.08. The molecule has 13 heavy (non-hydrogen) atoms. The molecule has 76 valence electrons. The zero-order valence-corrected chi connectivity index (χ0v) is 8.90. The van der Waals surface area contributed by atoms with Gasteiger partial charge in [-0.15, -0.1) is 0 Å². The van der Waals surface area contributed by atoms with Crippen LogP contribution in [0.5, 0.6) is 0 Å². The van der Waals surface area contributed by atoms with Crippen molar-refractivity contribution in [3.05, 3.63) is 0 Å². The van der Waals surface area contributed by atoms with Crippen LogP contribution < -0.4 is 11.1 Å². The predicted molar refractivity (Wildman–Crippen MR) is 56.8 cm³/mol. The molecule has 0 saturated heterocycles. The van der Waals surface area contributed by atoms with Crippen LogP contribution in [0.15, 0.2) is 0 Å². The van der Waals surface area contributed by atoms with Crippen molar-refractivity contribution in [3.63, 3.8) is 0 Å². The summed E-state index contributed by atoms with van der Waals surface area (Å²) in [6.07, 6.45) is 6.07. The first-order chi connectivity index (χ1) is 6.26. The van der Waals surface area contributed by atoms with Crippen molar-refractivity contribution in [3.8, 4) is 0 Å². The molecule has 0 spiro atoms. The topological polar surface area (TPSA) is 55.1 Å². The lowest BCUT2D eigenvalue weighted by atomic mass is 10.2. The van der Waals surface area contributed by atoms with Crippen molar-refractivity contribution in [1.29, 1.82) is 0 Å². The maximum absolute atomic E-state index is 11.2. The number of thioether (sulfide) groups is 1. The molecule has 0 bridgehead atoms. The Bertz CT molecular complexity index is 175. The van der Waals surface area contributed by atoms with Gasteiger partial charge in [0.15, 0.2) is 0 Å². The monoisotopic (exact) mass is 202 g/mol. The fourth-order valence-corrected chi connectivity index (χ4v) is 2.51. The van der Waals surface area contributed by atoms with Gasteiger partial charge in [0.1, 0.15) is 0 Å². The van der Waals surface area contributed by atoms with E-state index in [-0.39, 0.29) is 5.91 Å². The van der Waals surface area contributed by atoms with Crippen molar-refractivity contribution in [1.82, 2.24) is 5.32 Å². The Kier molecular flexibility index (Phi) is 4.59. The maximum atomic E-state index is 11.2. The lowest BCUT2D eigenvalue weighted by Crippen LogP contribution is -2.34. The highest BCUT2D eigenvalue weighted by Crippen LogP contribution is 2.27. The van der Waals surface area contributed by atoms with E-state index in [1.54, 1.807) is 0 Å². The molecule has 0 aromatic carbocycles. The largest absolute Gasteiger partial charge is 0.353 e. The molecule has 4 heteroatoms. The van der Waals surface area contributed by atoms with E-state index in [4.69, 9.17) is 5.73 Å². The van der Waals surface area contributed by atoms with Crippen molar-refractivity contribution in [2.75, 3.05) is 12.8 Å². The summed E-state index contributed by atoms with van der Waals surface area (Å²) < 4.78 is 0. The molecule has 2 unspecified atom stereocenters. The number of rotatable bonds is 4. The molecule has 0 aromatic heterocycles. The standard InChI is InChI=1S/C9H18N2OS/c1-13-8-3-2-7(6-8)11-9(12)4-5-10/h7-8H,2-6,10H2,1H3,(H,11,12). The van der Waals surface area contributed by atoms with Gasteiger partial charge in [-0.05, 0) is 25.5 Å². The van der Waals surface area contributed by atoms with E-state index >= 15 is 0 Å². The fourth-order valence-electron chi connectivity index (χ4n) is 1.72. The van der Waals surface area contributed by atoms with E-state index in [9.17, 15) is 4.79 Å². The van der Waals surface area contributed by atoms with Gasteiger partial charge >= 0.3 is 0 Å². The number of nitrogens with one attached hydrogen (secondary N) is 1. The summed E-state index contributed by atoms with van der Waals surface area (Å²) in [7, 11) is 0. The summed E-state index contributed by atoms with van der Waals surface area (Å²) in [5, 5.41) is 3.75.